The molecular weight excluding hydrogens is 380 g/mol. The Morgan fingerprint density at radius 2 is 1.83 bits per heavy atom. The first-order valence-corrected chi connectivity index (χ1v) is 10.6. The van der Waals surface area contributed by atoms with Gasteiger partial charge in [0.1, 0.15) is 0 Å². The summed E-state index contributed by atoms with van der Waals surface area (Å²) >= 11 is 6.20. The molecule has 0 radical (unpaired) electrons. The van der Waals surface area contributed by atoms with Crippen LogP contribution < -0.4 is 5.73 Å². The van der Waals surface area contributed by atoms with Crippen molar-refractivity contribution in [1.29, 1.82) is 0 Å². The summed E-state index contributed by atoms with van der Waals surface area (Å²) < 4.78 is 0. The smallest absolute Gasteiger partial charge is 0.217 e. The van der Waals surface area contributed by atoms with E-state index in [0.717, 1.165) is 48.4 Å². The number of rotatable bonds is 7. The third-order valence-electron chi connectivity index (χ3n) is 5.57. The van der Waals surface area contributed by atoms with Crippen molar-refractivity contribution in [3.8, 4) is 11.3 Å². The van der Waals surface area contributed by atoms with Crippen LogP contribution in [-0.2, 0) is 30.5 Å². The van der Waals surface area contributed by atoms with Crippen molar-refractivity contribution in [2.45, 2.75) is 44.9 Å². The molecule has 0 aliphatic heterocycles. The minimum Gasteiger partial charge on any atom is -0.370 e. The van der Waals surface area contributed by atoms with Gasteiger partial charge in [0.25, 0.3) is 0 Å². The average Bonchev–Trinajstić information content (AvgIpc) is 3.18. The van der Waals surface area contributed by atoms with Crippen LogP contribution in [0.1, 0.15) is 47.2 Å². The van der Waals surface area contributed by atoms with Gasteiger partial charge < -0.3 is 5.73 Å². The maximum Gasteiger partial charge on any atom is 0.217 e. The second-order valence-electron chi connectivity index (χ2n) is 7.77. The van der Waals surface area contributed by atoms with Gasteiger partial charge >= 0.3 is 0 Å². The highest BCUT2D eigenvalue weighted by atomic mass is 35.5. The van der Waals surface area contributed by atoms with Crippen LogP contribution in [0.3, 0.4) is 0 Å². The van der Waals surface area contributed by atoms with Crippen molar-refractivity contribution in [3.63, 3.8) is 0 Å². The maximum absolute atomic E-state index is 10.9. The Morgan fingerprint density at radius 3 is 2.59 bits per heavy atom. The highest BCUT2D eigenvalue weighted by molar-refractivity contribution is 6.30. The van der Waals surface area contributed by atoms with Gasteiger partial charge in [0, 0.05) is 22.7 Å². The lowest BCUT2D eigenvalue weighted by atomic mass is 9.96. The first kappa shape index (κ1) is 19.7. The number of amides is 1. The number of nitrogens with two attached hydrogens (primary N) is 1. The molecule has 0 fully saturated rings. The lowest BCUT2D eigenvalue weighted by Gasteiger charge is -2.12. The van der Waals surface area contributed by atoms with Crippen molar-refractivity contribution >= 4 is 17.5 Å². The molecule has 3 aromatic rings. The SMILES string of the molecule is NC(=O)CCCc1ccc(Cc2cc(-c3cccc(Cl)c3)nc3c2CCC3)cc1. The fourth-order valence-electron chi connectivity index (χ4n) is 4.09. The number of pyridine rings is 1. The first-order chi connectivity index (χ1) is 14.1. The summed E-state index contributed by atoms with van der Waals surface area (Å²) in [6.45, 7) is 0. The monoisotopic (exact) mass is 404 g/mol. The van der Waals surface area contributed by atoms with Crippen LogP contribution in [-0.4, -0.2) is 10.9 Å². The van der Waals surface area contributed by atoms with Gasteiger partial charge in [0.15, 0.2) is 0 Å². The molecule has 1 aliphatic carbocycles. The van der Waals surface area contributed by atoms with Gasteiger partial charge in [-0.3, -0.25) is 9.78 Å². The lowest BCUT2D eigenvalue weighted by molar-refractivity contribution is -0.118. The van der Waals surface area contributed by atoms with Crippen LogP contribution in [0.4, 0.5) is 0 Å². The zero-order chi connectivity index (χ0) is 20.2. The highest BCUT2D eigenvalue weighted by Crippen LogP contribution is 2.31. The fraction of sp³-hybridized carbons (Fsp3) is 0.280. The van der Waals surface area contributed by atoms with Crippen LogP contribution in [0, 0.1) is 0 Å². The number of fused-ring (bicyclic) bond motifs is 1. The molecular formula is C25H25ClN2O. The van der Waals surface area contributed by atoms with Crippen molar-refractivity contribution in [1.82, 2.24) is 4.98 Å². The average molecular weight is 405 g/mol. The molecule has 1 aromatic heterocycles. The summed E-state index contributed by atoms with van der Waals surface area (Å²) in [5.74, 6) is -0.233. The molecule has 4 rings (SSSR count). The number of primary amides is 1. The summed E-state index contributed by atoms with van der Waals surface area (Å²) in [5, 5.41) is 0.735. The van der Waals surface area contributed by atoms with E-state index in [1.807, 2.05) is 18.2 Å². The third-order valence-corrected chi connectivity index (χ3v) is 5.80. The first-order valence-electron chi connectivity index (χ1n) is 10.2. The molecule has 0 spiro atoms. The highest BCUT2D eigenvalue weighted by Gasteiger charge is 2.18. The number of hydrogen-bond acceptors (Lipinski definition) is 2. The minimum absolute atomic E-state index is 0.233. The maximum atomic E-state index is 10.9. The fourth-order valence-corrected chi connectivity index (χ4v) is 4.28. The standard InChI is InChI=1S/C25H25ClN2O/c26-21-6-2-5-19(15-21)24-16-20(22-7-3-8-23(22)28-24)14-18-12-10-17(11-13-18)4-1-9-25(27)29/h2,5-6,10-13,15-16H,1,3-4,7-9,14H2,(H2,27,29). The van der Waals surface area contributed by atoms with Crippen molar-refractivity contribution in [3.05, 3.63) is 87.6 Å². The summed E-state index contributed by atoms with van der Waals surface area (Å²) in [4.78, 5) is 15.8. The Kier molecular flexibility index (Phi) is 5.96. The molecule has 29 heavy (non-hydrogen) atoms. The number of carbonyl (C=O) groups excluding carboxylic acids is 1. The van der Waals surface area contributed by atoms with E-state index >= 15 is 0 Å². The van der Waals surface area contributed by atoms with E-state index in [1.165, 1.54) is 34.4 Å². The Labute approximate surface area is 176 Å². The molecule has 0 unspecified atom stereocenters. The molecule has 1 amide bonds. The lowest BCUT2D eigenvalue weighted by Crippen LogP contribution is -2.10. The predicted molar refractivity (Wildman–Crippen MR) is 118 cm³/mol. The van der Waals surface area contributed by atoms with E-state index < -0.39 is 0 Å². The topological polar surface area (TPSA) is 56.0 Å². The number of carbonyl (C=O) groups is 1. The van der Waals surface area contributed by atoms with Crippen LogP contribution in [0.5, 0.6) is 0 Å². The molecule has 0 atom stereocenters. The van der Waals surface area contributed by atoms with Gasteiger partial charge in [-0.05, 0) is 79.0 Å². The number of benzene rings is 2. The van der Waals surface area contributed by atoms with E-state index in [0.29, 0.717) is 6.42 Å². The normalized spacial score (nSPS) is 12.7. The van der Waals surface area contributed by atoms with Gasteiger partial charge in [0.05, 0.1) is 5.69 Å². The predicted octanol–water partition coefficient (Wildman–Crippen LogP) is 5.29. The Morgan fingerprint density at radius 1 is 1.03 bits per heavy atom. The Hall–Kier alpha value is -2.65. The molecule has 0 saturated heterocycles. The summed E-state index contributed by atoms with van der Waals surface area (Å²) in [7, 11) is 0. The van der Waals surface area contributed by atoms with Crippen LogP contribution in [0.25, 0.3) is 11.3 Å². The number of aromatic nitrogens is 1. The minimum atomic E-state index is -0.233. The van der Waals surface area contributed by atoms with Crippen LogP contribution in [0.15, 0.2) is 54.6 Å². The van der Waals surface area contributed by atoms with Crippen molar-refractivity contribution < 1.29 is 4.79 Å². The van der Waals surface area contributed by atoms with Gasteiger partial charge in [-0.15, -0.1) is 0 Å². The molecule has 1 aliphatic rings. The number of aryl methyl sites for hydroxylation is 2. The van der Waals surface area contributed by atoms with E-state index in [9.17, 15) is 4.79 Å². The van der Waals surface area contributed by atoms with Gasteiger partial charge in [-0.25, -0.2) is 0 Å². The third kappa shape index (κ3) is 4.86. The summed E-state index contributed by atoms with van der Waals surface area (Å²) in [6.07, 6.45) is 6.36. The molecule has 148 valence electrons. The number of nitrogens with zero attached hydrogens (tertiary/aromatic N) is 1. The number of halogens is 1. The second kappa shape index (κ2) is 8.79. The van der Waals surface area contributed by atoms with E-state index in [-0.39, 0.29) is 5.91 Å². The van der Waals surface area contributed by atoms with Gasteiger partial charge in [-0.1, -0.05) is 48.0 Å². The largest absolute Gasteiger partial charge is 0.370 e. The van der Waals surface area contributed by atoms with E-state index in [1.54, 1.807) is 0 Å². The Balaban J connectivity index is 1.56. The van der Waals surface area contributed by atoms with Crippen LogP contribution >= 0.6 is 11.6 Å². The molecule has 4 heteroatoms. The zero-order valence-corrected chi connectivity index (χ0v) is 17.2. The van der Waals surface area contributed by atoms with Gasteiger partial charge in [-0.2, -0.15) is 0 Å². The van der Waals surface area contributed by atoms with E-state index in [2.05, 4.69) is 36.4 Å². The quantitative estimate of drug-likeness (QED) is 0.581. The van der Waals surface area contributed by atoms with Gasteiger partial charge in [0.2, 0.25) is 5.91 Å². The molecule has 2 N–H and O–H groups in total. The van der Waals surface area contributed by atoms with Crippen molar-refractivity contribution in [2.75, 3.05) is 0 Å². The molecule has 0 saturated carbocycles. The number of hydrogen-bond donors (Lipinski definition) is 1. The summed E-state index contributed by atoms with van der Waals surface area (Å²) in [5.41, 5.74) is 13.9. The van der Waals surface area contributed by atoms with Crippen LogP contribution in [0.2, 0.25) is 5.02 Å². The molecule has 0 bridgehead atoms. The summed E-state index contributed by atoms with van der Waals surface area (Å²) in [6, 6.07) is 18.9. The second-order valence-corrected chi connectivity index (χ2v) is 8.21. The van der Waals surface area contributed by atoms with Crippen molar-refractivity contribution in [2.24, 2.45) is 5.73 Å². The Bertz CT molecular complexity index is 1030. The van der Waals surface area contributed by atoms with E-state index in [4.69, 9.17) is 22.3 Å². The molecule has 3 nitrogen and oxygen atoms in total. The molecule has 2 aromatic carbocycles. The zero-order valence-electron chi connectivity index (χ0n) is 16.5. The molecule has 1 heterocycles.